The molecule has 13 heavy (non-hydrogen) atoms. The van der Waals surface area contributed by atoms with Crippen molar-refractivity contribution in [3.8, 4) is 0 Å². The van der Waals surface area contributed by atoms with E-state index >= 15 is 0 Å². The van der Waals surface area contributed by atoms with Crippen molar-refractivity contribution >= 4 is 7.92 Å². The van der Waals surface area contributed by atoms with Crippen LogP contribution in [0.5, 0.6) is 0 Å². The van der Waals surface area contributed by atoms with Gasteiger partial charge >= 0.3 is 0 Å². The lowest BCUT2D eigenvalue weighted by Crippen LogP contribution is -2.16. The first-order valence-electron chi connectivity index (χ1n) is 5.59. The monoisotopic (exact) mass is 200 g/mol. The molecule has 0 spiro atoms. The van der Waals surface area contributed by atoms with Gasteiger partial charge in [-0.15, -0.1) is 7.92 Å². The lowest BCUT2D eigenvalue weighted by molar-refractivity contribution is 0.352. The third kappa shape index (κ3) is 2.27. The molecular weight excluding hydrogens is 175 g/mol. The zero-order chi connectivity index (χ0) is 10.2. The fraction of sp³-hybridized carbons (Fsp3) is 1.00. The minimum Gasteiger partial charge on any atom is -0.113 e. The minimum absolute atomic E-state index is 0.297. The van der Waals surface area contributed by atoms with Gasteiger partial charge in [-0.25, -0.2) is 0 Å². The Kier molecular flexibility index (Phi) is 3.81. The largest absolute Gasteiger partial charge is 0.113 e. The van der Waals surface area contributed by atoms with Crippen molar-refractivity contribution in [2.24, 2.45) is 29.6 Å². The Hall–Kier alpha value is 0.430. The quantitative estimate of drug-likeness (QED) is 0.593. The highest BCUT2D eigenvalue weighted by molar-refractivity contribution is 7.55. The molecule has 4 atom stereocenters. The molecule has 78 valence electrons. The van der Waals surface area contributed by atoms with Gasteiger partial charge < -0.3 is 0 Å². The van der Waals surface area contributed by atoms with Crippen molar-refractivity contribution in [3.05, 3.63) is 0 Å². The molecule has 0 bridgehead atoms. The molecule has 1 fully saturated rings. The van der Waals surface area contributed by atoms with E-state index in [1.165, 1.54) is 6.16 Å². The van der Waals surface area contributed by atoms with Gasteiger partial charge in [0.25, 0.3) is 0 Å². The van der Waals surface area contributed by atoms with E-state index in [1.807, 2.05) is 0 Å². The number of hydrogen-bond donors (Lipinski definition) is 0. The molecule has 1 aliphatic carbocycles. The van der Waals surface area contributed by atoms with Crippen LogP contribution < -0.4 is 0 Å². The second-order valence-electron chi connectivity index (χ2n) is 5.36. The van der Waals surface area contributed by atoms with Gasteiger partial charge in [-0.05, 0) is 49.1 Å². The zero-order valence-corrected chi connectivity index (χ0v) is 10.9. The van der Waals surface area contributed by atoms with Crippen LogP contribution in [0.3, 0.4) is 0 Å². The first-order valence-corrected chi connectivity index (χ1v) is 8.02. The Morgan fingerprint density at radius 1 is 0.769 bits per heavy atom. The molecular formula is C12H25P. The van der Waals surface area contributed by atoms with E-state index < -0.39 is 0 Å². The molecule has 0 radical (unpaired) electrons. The highest BCUT2D eigenvalue weighted by atomic mass is 31.1. The molecule has 0 saturated heterocycles. The Labute approximate surface area is 85.2 Å². The molecule has 1 saturated carbocycles. The second-order valence-corrected chi connectivity index (χ2v) is 7.89. The van der Waals surface area contributed by atoms with Gasteiger partial charge in [0.05, 0.1) is 0 Å². The van der Waals surface area contributed by atoms with Crippen molar-refractivity contribution in [2.45, 2.75) is 27.7 Å². The van der Waals surface area contributed by atoms with Crippen LogP contribution in [-0.2, 0) is 0 Å². The zero-order valence-electron chi connectivity index (χ0n) is 10.0. The maximum absolute atomic E-state index is 2.47. The number of hydrogen-bond acceptors (Lipinski definition) is 0. The molecule has 0 N–H and O–H groups in total. The van der Waals surface area contributed by atoms with Crippen molar-refractivity contribution in [2.75, 3.05) is 19.5 Å². The summed E-state index contributed by atoms with van der Waals surface area (Å²) < 4.78 is 0. The maximum Gasteiger partial charge on any atom is -0.0297 e. The van der Waals surface area contributed by atoms with E-state index in [1.54, 1.807) is 0 Å². The van der Waals surface area contributed by atoms with Crippen LogP contribution in [0.25, 0.3) is 0 Å². The molecule has 1 aliphatic rings. The van der Waals surface area contributed by atoms with Crippen LogP contribution in [0.2, 0.25) is 0 Å². The van der Waals surface area contributed by atoms with Gasteiger partial charge in [0.2, 0.25) is 0 Å². The van der Waals surface area contributed by atoms with E-state index in [-0.39, 0.29) is 0 Å². The van der Waals surface area contributed by atoms with Crippen LogP contribution in [0, 0.1) is 29.6 Å². The topological polar surface area (TPSA) is 0 Å². The predicted molar refractivity (Wildman–Crippen MR) is 63.8 cm³/mol. The standard InChI is InChI=1S/C12H25P/c1-8-9(2)11(4)12(10(8)3)7-13(5)6/h8-12H,7H2,1-6H3. The third-order valence-electron chi connectivity index (χ3n) is 4.41. The van der Waals surface area contributed by atoms with E-state index in [9.17, 15) is 0 Å². The summed E-state index contributed by atoms with van der Waals surface area (Å²) in [5.74, 6) is 4.79. The van der Waals surface area contributed by atoms with Gasteiger partial charge in [-0.3, -0.25) is 0 Å². The SMILES string of the molecule is CC1C(C)C(C)C(CP(C)C)C1C. The van der Waals surface area contributed by atoms with E-state index in [4.69, 9.17) is 0 Å². The molecule has 0 aliphatic heterocycles. The second kappa shape index (κ2) is 4.30. The summed E-state index contributed by atoms with van der Waals surface area (Å²) >= 11 is 0. The minimum atomic E-state index is 0.297. The first-order chi connectivity index (χ1) is 5.95. The average Bonchev–Trinajstić information content (AvgIpc) is 2.22. The van der Waals surface area contributed by atoms with Crippen LogP contribution in [-0.4, -0.2) is 19.5 Å². The van der Waals surface area contributed by atoms with Crippen LogP contribution in [0.15, 0.2) is 0 Å². The van der Waals surface area contributed by atoms with Crippen molar-refractivity contribution in [1.29, 1.82) is 0 Å². The van der Waals surface area contributed by atoms with Crippen molar-refractivity contribution in [1.82, 2.24) is 0 Å². The van der Waals surface area contributed by atoms with Gasteiger partial charge in [-0.1, -0.05) is 27.7 Å². The molecule has 0 heterocycles. The first kappa shape index (κ1) is 11.5. The molecule has 0 aromatic carbocycles. The Morgan fingerprint density at radius 3 is 1.46 bits per heavy atom. The van der Waals surface area contributed by atoms with Gasteiger partial charge in [-0.2, -0.15) is 0 Å². The summed E-state index contributed by atoms with van der Waals surface area (Å²) in [6, 6.07) is 0. The van der Waals surface area contributed by atoms with Crippen LogP contribution >= 0.6 is 7.92 Å². The molecule has 4 unspecified atom stereocenters. The van der Waals surface area contributed by atoms with E-state index in [2.05, 4.69) is 41.0 Å². The van der Waals surface area contributed by atoms with Gasteiger partial charge in [0.15, 0.2) is 0 Å². The molecule has 1 heteroatoms. The molecule has 0 amide bonds. The highest BCUT2D eigenvalue weighted by Gasteiger charge is 2.41. The maximum atomic E-state index is 2.47. The van der Waals surface area contributed by atoms with Gasteiger partial charge in [0.1, 0.15) is 0 Å². The van der Waals surface area contributed by atoms with E-state index in [0.717, 1.165) is 29.6 Å². The summed E-state index contributed by atoms with van der Waals surface area (Å²) in [4.78, 5) is 0. The fourth-order valence-electron chi connectivity index (χ4n) is 2.97. The molecule has 0 aromatic heterocycles. The van der Waals surface area contributed by atoms with Crippen LogP contribution in [0.4, 0.5) is 0 Å². The Bertz CT molecular complexity index is 151. The molecule has 1 rings (SSSR count). The Balaban J connectivity index is 2.64. The molecule has 0 nitrogen and oxygen atoms in total. The average molecular weight is 200 g/mol. The Morgan fingerprint density at radius 2 is 1.15 bits per heavy atom. The summed E-state index contributed by atoms with van der Waals surface area (Å²) in [6.45, 7) is 14.7. The fourth-order valence-corrected chi connectivity index (χ4v) is 4.48. The lowest BCUT2D eigenvalue weighted by atomic mass is 9.91. The third-order valence-corrected chi connectivity index (χ3v) is 5.57. The normalized spacial score (nSPS) is 45.9. The molecule has 0 aromatic rings. The smallest absolute Gasteiger partial charge is 0.0297 e. The summed E-state index contributed by atoms with van der Waals surface area (Å²) in [7, 11) is 0.297. The van der Waals surface area contributed by atoms with Crippen LogP contribution in [0.1, 0.15) is 27.7 Å². The van der Waals surface area contributed by atoms with Crippen molar-refractivity contribution < 1.29 is 0 Å². The highest BCUT2D eigenvalue weighted by Crippen LogP contribution is 2.49. The summed E-state index contributed by atoms with van der Waals surface area (Å²) in [6.07, 6.45) is 1.49. The summed E-state index contributed by atoms with van der Waals surface area (Å²) in [5.41, 5.74) is 0. The summed E-state index contributed by atoms with van der Waals surface area (Å²) in [5, 5.41) is 0. The van der Waals surface area contributed by atoms with Gasteiger partial charge in [0, 0.05) is 0 Å². The van der Waals surface area contributed by atoms with E-state index in [0.29, 0.717) is 7.92 Å². The predicted octanol–water partition coefficient (Wildman–Crippen LogP) is 3.90. The van der Waals surface area contributed by atoms with Crippen molar-refractivity contribution in [3.63, 3.8) is 0 Å². The number of rotatable bonds is 2. The lowest BCUT2D eigenvalue weighted by Gasteiger charge is -2.23.